The van der Waals surface area contributed by atoms with Gasteiger partial charge in [-0.05, 0) is 43.7 Å². The molecule has 0 aliphatic carbocycles. The Bertz CT molecular complexity index is 193. The highest BCUT2D eigenvalue weighted by molar-refractivity contribution is 7.99. The van der Waals surface area contributed by atoms with Gasteiger partial charge in [0.15, 0.2) is 0 Å². The average molecular weight is 244 g/mol. The molecule has 1 amide bonds. The van der Waals surface area contributed by atoms with Gasteiger partial charge in [-0.1, -0.05) is 6.92 Å². The predicted molar refractivity (Wildman–Crippen MR) is 70.9 cm³/mol. The van der Waals surface area contributed by atoms with E-state index in [4.69, 9.17) is 0 Å². The van der Waals surface area contributed by atoms with Crippen molar-refractivity contribution < 1.29 is 4.79 Å². The SMILES string of the molecule is CCSCCCNCC(=O)N1CCCCC1. The minimum absolute atomic E-state index is 0.280. The third-order valence-electron chi connectivity index (χ3n) is 2.83. The van der Waals surface area contributed by atoms with E-state index >= 15 is 0 Å². The summed E-state index contributed by atoms with van der Waals surface area (Å²) in [5.74, 6) is 2.66. The zero-order chi connectivity index (χ0) is 11.6. The van der Waals surface area contributed by atoms with E-state index in [9.17, 15) is 4.79 Å². The highest BCUT2D eigenvalue weighted by Gasteiger charge is 2.15. The number of carbonyl (C=O) groups excluding carboxylic acids is 1. The van der Waals surface area contributed by atoms with Gasteiger partial charge in [0.2, 0.25) is 5.91 Å². The van der Waals surface area contributed by atoms with Crippen LogP contribution in [-0.2, 0) is 4.79 Å². The first-order chi connectivity index (χ1) is 7.84. The summed E-state index contributed by atoms with van der Waals surface area (Å²) in [6.45, 7) is 5.60. The molecule has 0 saturated carbocycles. The summed E-state index contributed by atoms with van der Waals surface area (Å²) in [6.07, 6.45) is 4.80. The van der Waals surface area contributed by atoms with E-state index in [1.807, 2.05) is 16.7 Å². The molecular formula is C12H24N2OS. The quantitative estimate of drug-likeness (QED) is 0.692. The molecule has 16 heavy (non-hydrogen) atoms. The van der Waals surface area contributed by atoms with Crippen molar-refractivity contribution in [1.29, 1.82) is 0 Å². The molecule has 0 aromatic rings. The number of likely N-dealkylation sites (tertiary alicyclic amines) is 1. The lowest BCUT2D eigenvalue weighted by Gasteiger charge is -2.26. The lowest BCUT2D eigenvalue weighted by Crippen LogP contribution is -2.41. The molecule has 0 spiro atoms. The molecule has 0 atom stereocenters. The largest absolute Gasteiger partial charge is 0.342 e. The van der Waals surface area contributed by atoms with Gasteiger partial charge in [-0.15, -0.1) is 0 Å². The van der Waals surface area contributed by atoms with Crippen molar-refractivity contribution in [3.8, 4) is 0 Å². The molecule has 0 unspecified atom stereocenters. The Morgan fingerprint density at radius 3 is 2.75 bits per heavy atom. The first kappa shape index (κ1) is 13.8. The Labute approximate surface area is 103 Å². The summed E-state index contributed by atoms with van der Waals surface area (Å²) in [5.41, 5.74) is 0. The normalized spacial score (nSPS) is 16.4. The second-order valence-electron chi connectivity index (χ2n) is 4.17. The fraction of sp³-hybridized carbons (Fsp3) is 0.917. The van der Waals surface area contributed by atoms with Gasteiger partial charge in [0.05, 0.1) is 6.54 Å². The summed E-state index contributed by atoms with van der Waals surface area (Å²) >= 11 is 1.96. The Hall–Kier alpha value is -0.220. The van der Waals surface area contributed by atoms with E-state index in [0.29, 0.717) is 6.54 Å². The molecule has 1 saturated heterocycles. The zero-order valence-electron chi connectivity index (χ0n) is 10.3. The molecule has 94 valence electrons. The van der Waals surface area contributed by atoms with Crippen LogP contribution in [0.15, 0.2) is 0 Å². The maximum atomic E-state index is 11.7. The number of amides is 1. The Morgan fingerprint density at radius 2 is 2.06 bits per heavy atom. The zero-order valence-corrected chi connectivity index (χ0v) is 11.2. The van der Waals surface area contributed by atoms with Crippen molar-refractivity contribution >= 4 is 17.7 Å². The van der Waals surface area contributed by atoms with Crippen LogP contribution in [0.1, 0.15) is 32.6 Å². The van der Waals surface area contributed by atoms with Crippen LogP contribution in [0.2, 0.25) is 0 Å². The van der Waals surface area contributed by atoms with Crippen LogP contribution < -0.4 is 5.32 Å². The van der Waals surface area contributed by atoms with Crippen molar-refractivity contribution in [2.75, 3.05) is 37.7 Å². The Balaban J connectivity index is 1.97. The lowest BCUT2D eigenvalue weighted by molar-refractivity contribution is -0.131. The number of nitrogens with one attached hydrogen (secondary N) is 1. The molecule has 4 heteroatoms. The summed E-state index contributed by atoms with van der Waals surface area (Å²) in [7, 11) is 0. The van der Waals surface area contributed by atoms with Gasteiger partial charge in [-0.25, -0.2) is 0 Å². The summed E-state index contributed by atoms with van der Waals surface area (Å²) in [4.78, 5) is 13.7. The maximum absolute atomic E-state index is 11.7. The minimum Gasteiger partial charge on any atom is -0.342 e. The summed E-state index contributed by atoms with van der Waals surface area (Å²) in [5, 5.41) is 3.24. The molecule has 1 heterocycles. The van der Waals surface area contributed by atoms with E-state index in [1.54, 1.807) is 0 Å². The van der Waals surface area contributed by atoms with Crippen LogP contribution in [0.5, 0.6) is 0 Å². The van der Waals surface area contributed by atoms with Crippen molar-refractivity contribution in [3.63, 3.8) is 0 Å². The number of nitrogens with zero attached hydrogens (tertiary/aromatic N) is 1. The molecule has 1 fully saturated rings. The molecule has 0 aromatic heterocycles. The topological polar surface area (TPSA) is 32.3 Å². The van der Waals surface area contributed by atoms with Crippen LogP contribution in [0.4, 0.5) is 0 Å². The van der Waals surface area contributed by atoms with Crippen molar-refractivity contribution in [2.45, 2.75) is 32.6 Å². The molecule has 0 radical (unpaired) electrons. The third kappa shape index (κ3) is 5.75. The third-order valence-corrected chi connectivity index (χ3v) is 3.82. The van der Waals surface area contributed by atoms with Crippen LogP contribution >= 0.6 is 11.8 Å². The maximum Gasteiger partial charge on any atom is 0.236 e. The number of carbonyl (C=O) groups is 1. The second kappa shape index (κ2) is 8.88. The van der Waals surface area contributed by atoms with Gasteiger partial charge in [-0.2, -0.15) is 11.8 Å². The molecule has 0 aromatic carbocycles. The van der Waals surface area contributed by atoms with E-state index < -0.39 is 0 Å². The number of rotatable bonds is 7. The van der Waals surface area contributed by atoms with Gasteiger partial charge >= 0.3 is 0 Å². The van der Waals surface area contributed by atoms with Crippen molar-refractivity contribution in [2.24, 2.45) is 0 Å². The lowest BCUT2D eigenvalue weighted by atomic mass is 10.1. The Kier molecular flexibility index (Phi) is 7.68. The monoisotopic (exact) mass is 244 g/mol. The standard InChI is InChI=1S/C12H24N2OS/c1-2-16-10-6-7-13-11-12(15)14-8-4-3-5-9-14/h13H,2-11H2,1H3. The number of piperidine rings is 1. The van der Waals surface area contributed by atoms with Crippen LogP contribution in [0.25, 0.3) is 0 Å². The molecule has 0 bridgehead atoms. The Morgan fingerprint density at radius 1 is 1.31 bits per heavy atom. The molecule has 1 rings (SSSR count). The van der Waals surface area contributed by atoms with E-state index in [0.717, 1.165) is 26.1 Å². The fourth-order valence-corrected chi connectivity index (χ4v) is 2.53. The number of hydrogen-bond donors (Lipinski definition) is 1. The van der Waals surface area contributed by atoms with Crippen LogP contribution in [-0.4, -0.2) is 48.5 Å². The van der Waals surface area contributed by atoms with Gasteiger partial charge in [0.25, 0.3) is 0 Å². The fourth-order valence-electron chi connectivity index (χ4n) is 1.89. The number of thioether (sulfide) groups is 1. The summed E-state index contributed by atoms with van der Waals surface area (Å²) < 4.78 is 0. The van der Waals surface area contributed by atoms with Crippen molar-refractivity contribution in [1.82, 2.24) is 10.2 Å². The van der Waals surface area contributed by atoms with E-state index in [1.165, 1.54) is 30.8 Å². The second-order valence-corrected chi connectivity index (χ2v) is 5.56. The van der Waals surface area contributed by atoms with Crippen LogP contribution in [0.3, 0.4) is 0 Å². The van der Waals surface area contributed by atoms with E-state index in [-0.39, 0.29) is 5.91 Å². The molecule has 3 nitrogen and oxygen atoms in total. The van der Waals surface area contributed by atoms with E-state index in [2.05, 4.69) is 12.2 Å². The van der Waals surface area contributed by atoms with Gasteiger partial charge < -0.3 is 10.2 Å². The highest BCUT2D eigenvalue weighted by atomic mass is 32.2. The van der Waals surface area contributed by atoms with Gasteiger partial charge in [-0.3, -0.25) is 4.79 Å². The predicted octanol–water partition coefficient (Wildman–Crippen LogP) is 1.73. The minimum atomic E-state index is 0.280. The van der Waals surface area contributed by atoms with Gasteiger partial charge in [0, 0.05) is 13.1 Å². The highest BCUT2D eigenvalue weighted by Crippen LogP contribution is 2.08. The van der Waals surface area contributed by atoms with Gasteiger partial charge in [0.1, 0.15) is 0 Å². The molecule has 1 aliphatic rings. The first-order valence-electron chi connectivity index (χ1n) is 6.41. The molecular weight excluding hydrogens is 220 g/mol. The van der Waals surface area contributed by atoms with Crippen LogP contribution in [0, 0.1) is 0 Å². The average Bonchev–Trinajstić information content (AvgIpc) is 2.34. The van der Waals surface area contributed by atoms with Crippen molar-refractivity contribution in [3.05, 3.63) is 0 Å². The summed E-state index contributed by atoms with van der Waals surface area (Å²) in [6, 6.07) is 0. The first-order valence-corrected chi connectivity index (χ1v) is 7.56. The smallest absolute Gasteiger partial charge is 0.236 e. The molecule has 1 aliphatic heterocycles. The molecule has 1 N–H and O–H groups in total. The number of hydrogen-bond acceptors (Lipinski definition) is 3.